The van der Waals surface area contributed by atoms with E-state index < -0.39 is 21.9 Å². The molecule has 1 heterocycles. The van der Waals surface area contributed by atoms with Gasteiger partial charge in [-0.05, 0) is 24.1 Å². The number of hydrogen-bond donors (Lipinski definition) is 0. The zero-order valence-electron chi connectivity index (χ0n) is 14.9. The molecule has 144 valence electrons. The van der Waals surface area contributed by atoms with Gasteiger partial charge in [0, 0.05) is 26.2 Å². The summed E-state index contributed by atoms with van der Waals surface area (Å²) in [5.74, 6) is -1.76. The van der Waals surface area contributed by atoms with E-state index in [4.69, 9.17) is 4.74 Å². The van der Waals surface area contributed by atoms with Gasteiger partial charge in [0.05, 0.1) is 12.2 Å². The van der Waals surface area contributed by atoms with Gasteiger partial charge in [0.15, 0.2) is 6.61 Å². The quantitative estimate of drug-likeness (QED) is 0.671. The van der Waals surface area contributed by atoms with Gasteiger partial charge >= 0.3 is 5.97 Å². The second-order valence-corrected chi connectivity index (χ2v) is 8.37. The molecule has 0 N–H and O–H groups in total. The van der Waals surface area contributed by atoms with Gasteiger partial charge in [-0.1, -0.05) is 19.1 Å². The number of carbonyl (C=O) groups is 2. The fourth-order valence-corrected chi connectivity index (χ4v) is 3.56. The fraction of sp³-hybridized carbons (Fsp3) is 0.529. The summed E-state index contributed by atoms with van der Waals surface area (Å²) in [7, 11) is -3.26. The zero-order chi connectivity index (χ0) is 19.3. The lowest BCUT2D eigenvalue weighted by atomic mass is 10.0. The summed E-state index contributed by atoms with van der Waals surface area (Å²) in [6.45, 7) is 2.27. The molecule has 1 aromatic carbocycles. The Morgan fingerprint density at radius 3 is 2.46 bits per heavy atom. The average Bonchev–Trinajstić information content (AvgIpc) is 2.58. The van der Waals surface area contributed by atoms with Crippen LogP contribution in [0.15, 0.2) is 24.3 Å². The minimum atomic E-state index is -3.26. The highest BCUT2D eigenvalue weighted by molar-refractivity contribution is 7.88. The van der Waals surface area contributed by atoms with Crippen LogP contribution in [0.3, 0.4) is 0 Å². The highest BCUT2D eigenvalue weighted by Gasteiger charge is 2.27. The number of nitrogens with zero attached hydrogens (tertiary/aromatic N) is 2. The Balaban J connectivity index is 1.77. The third-order valence-corrected chi connectivity index (χ3v) is 5.53. The van der Waals surface area contributed by atoms with Gasteiger partial charge in [-0.3, -0.25) is 9.59 Å². The van der Waals surface area contributed by atoms with Crippen molar-refractivity contribution in [3.8, 4) is 0 Å². The number of sulfonamides is 1. The third kappa shape index (κ3) is 5.77. The normalized spacial score (nSPS) is 17.0. The summed E-state index contributed by atoms with van der Waals surface area (Å²) in [4.78, 5) is 25.6. The molecule has 0 aromatic heterocycles. The molecular weight excluding hydrogens is 363 g/mol. The summed E-state index contributed by atoms with van der Waals surface area (Å²) in [6.07, 6.45) is 1.45. The van der Waals surface area contributed by atoms with Gasteiger partial charge in [0.25, 0.3) is 5.91 Å². The Kier molecular flexibility index (Phi) is 6.71. The molecule has 1 amide bonds. The molecule has 2 rings (SSSR count). The van der Waals surface area contributed by atoms with Crippen molar-refractivity contribution in [2.24, 2.45) is 5.92 Å². The Morgan fingerprint density at radius 1 is 1.23 bits per heavy atom. The number of carbonyl (C=O) groups excluding carboxylic acids is 2. The largest absolute Gasteiger partial charge is 0.455 e. The third-order valence-electron chi connectivity index (χ3n) is 4.23. The molecule has 9 heteroatoms. The van der Waals surface area contributed by atoms with E-state index in [0.717, 1.165) is 6.26 Å². The molecule has 1 aliphatic rings. The molecule has 1 fully saturated rings. The van der Waals surface area contributed by atoms with Crippen molar-refractivity contribution in [1.29, 1.82) is 0 Å². The standard InChI is InChI=1S/C17H23FN2O5S/c1-13(10-14-4-3-5-15(18)11-14)17(22)25-12-16(21)19-6-8-20(9-7-19)26(2,23)24/h3-5,11,13H,6-10,12H2,1-2H3. The van der Waals surface area contributed by atoms with Gasteiger partial charge in [-0.15, -0.1) is 0 Å². The van der Waals surface area contributed by atoms with Crippen LogP contribution in [0.1, 0.15) is 12.5 Å². The average molecular weight is 386 g/mol. The maximum absolute atomic E-state index is 13.2. The van der Waals surface area contributed by atoms with Gasteiger partial charge in [-0.2, -0.15) is 4.31 Å². The predicted octanol–water partition coefficient (Wildman–Crippen LogP) is 0.651. The maximum atomic E-state index is 13.2. The molecule has 1 aromatic rings. The van der Waals surface area contributed by atoms with Gasteiger partial charge in [-0.25, -0.2) is 12.8 Å². The van der Waals surface area contributed by atoms with Crippen molar-refractivity contribution in [3.63, 3.8) is 0 Å². The SMILES string of the molecule is CC(Cc1cccc(F)c1)C(=O)OCC(=O)N1CCN(S(C)(=O)=O)CC1. The molecule has 0 bridgehead atoms. The Hall–Kier alpha value is -2.00. The molecule has 0 spiro atoms. The van der Waals surface area contributed by atoms with E-state index in [1.54, 1.807) is 19.1 Å². The van der Waals surface area contributed by atoms with E-state index in [-0.39, 0.29) is 44.5 Å². The van der Waals surface area contributed by atoms with Gasteiger partial charge < -0.3 is 9.64 Å². The van der Waals surface area contributed by atoms with Crippen LogP contribution in [0.2, 0.25) is 0 Å². The van der Waals surface area contributed by atoms with Gasteiger partial charge in [0.1, 0.15) is 5.82 Å². The highest BCUT2D eigenvalue weighted by atomic mass is 32.2. The van der Waals surface area contributed by atoms with Crippen molar-refractivity contribution in [2.75, 3.05) is 39.0 Å². The van der Waals surface area contributed by atoms with Crippen LogP contribution in [-0.2, 0) is 30.8 Å². The number of piperazine rings is 1. The van der Waals surface area contributed by atoms with E-state index in [9.17, 15) is 22.4 Å². The lowest BCUT2D eigenvalue weighted by Crippen LogP contribution is -2.51. The first-order valence-electron chi connectivity index (χ1n) is 8.31. The molecule has 26 heavy (non-hydrogen) atoms. The second kappa shape index (κ2) is 8.59. The number of ether oxygens (including phenoxy) is 1. The first-order valence-corrected chi connectivity index (χ1v) is 10.2. The number of benzene rings is 1. The predicted molar refractivity (Wildman–Crippen MR) is 93.2 cm³/mol. The van der Waals surface area contributed by atoms with E-state index in [1.807, 2.05) is 0 Å². The molecule has 7 nitrogen and oxygen atoms in total. The molecule has 0 radical (unpaired) electrons. The lowest BCUT2D eigenvalue weighted by Gasteiger charge is -2.33. The number of halogens is 1. The summed E-state index contributed by atoms with van der Waals surface area (Å²) < 4.78 is 42.4. The summed E-state index contributed by atoms with van der Waals surface area (Å²) in [5.41, 5.74) is 0.678. The zero-order valence-corrected chi connectivity index (χ0v) is 15.7. The van der Waals surface area contributed by atoms with Crippen molar-refractivity contribution < 1.29 is 27.1 Å². The Labute approximate surface area is 152 Å². The number of rotatable bonds is 6. The maximum Gasteiger partial charge on any atom is 0.309 e. The van der Waals surface area contributed by atoms with Crippen molar-refractivity contribution in [3.05, 3.63) is 35.6 Å². The summed E-state index contributed by atoms with van der Waals surface area (Å²) in [6, 6.07) is 5.98. The number of amides is 1. The van der Waals surface area contributed by atoms with Crippen LogP contribution in [0.25, 0.3) is 0 Å². The molecule has 0 aliphatic carbocycles. The second-order valence-electron chi connectivity index (χ2n) is 6.39. The molecule has 1 saturated heterocycles. The van der Waals surface area contributed by atoms with Crippen LogP contribution in [0.5, 0.6) is 0 Å². The van der Waals surface area contributed by atoms with Crippen LogP contribution in [0, 0.1) is 11.7 Å². The van der Waals surface area contributed by atoms with Crippen LogP contribution >= 0.6 is 0 Å². The Bertz CT molecular complexity index is 760. The van der Waals surface area contributed by atoms with Crippen LogP contribution < -0.4 is 0 Å². The van der Waals surface area contributed by atoms with Gasteiger partial charge in [0.2, 0.25) is 10.0 Å². The number of esters is 1. The van der Waals surface area contributed by atoms with Crippen LogP contribution in [-0.4, -0.2) is 68.5 Å². The van der Waals surface area contributed by atoms with Crippen molar-refractivity contribution in [2.45, 2.75) is 13.3 Å². The minimum absolute atomic E-state index is 0.231. The lowest BCUT2D eigenvalue weighted by molar-refractivity contribution is -0.155. The minimum Gasteiger partial charge on any atom is -0.455 e. The molecular formula is C17H23FN2O5S. The number of hydrogen-bond acceptors (Lipinski definition) is 5. The highest BCUT2D eigenvalue weighted by Crippen LogP contribution is 2.12. The van der Waals surface area contributed by atoms with E-state index in [2.05, 4.69) is 0 Å². The smallest absolute Gasteiger partial charge is 0.309 e. The van der Waals surface area contributed by atoms with Crippen LogP contribution in [0.4, 0.5) is 4.39 Å². The first kappa shape index (κ1) is 20.3. The van der Waals surface area contributed by atoms with Crippen molar-refractivity contribution >= 4 is 21.9 Å². The monoisotopic (exact) mass is 386 g/mol. The molecule has 1 atom stereocenters. The van der Waals surface area contributed by atoms with E-state index >= 15 is 0 Å². The van der Waals surface area contributed by atoms with E-state index in [0.29, 0.717) is 12.0 Å². The fourth-order valence-electron chi connectivity index (χ4n) is 2.74. The topological polar surface area (TPSA) is 84.0 Å². The van der Waals surface area contributed by atoms with Crippen molar-refractivity contribution in [1.82, 2.24) is 9.21 Å². The van der Waals surface area contributed by atoms with E-state index in [1.165, 1.54) is 21.3 Å². The summed E-state index contributed by atoms with van der Waals surface area (Å²) in [5, 5.41) is 0. The molecule has 0 saturated carbocycles. The summed E-state index contributed by atoms with van der Waals surface area (Å²) >= 11 is 0. The Morgan fingerprint density at radius 2 is 1.88 bits per heavy atom. The molecule has 1 unspecified atom stereocenters. The molecule has 1 aliphatic heterocycles. The first-order chi connectivity index (χ1) is 12.2.